The molecule has 88 valence electrons. The molecule has 0 radical (unpaired) electrons. The maximum Gasteiger partial charge on any atom is 0.124 e. The highest BCUT2D eigenvalue weighted by molar-refractivity contribution is 5.38. The van der Waals surface area contributed by atoms with Crippen LogP contribution in [0.5, 0.6) is 5.75 Å². The number of aliphatic hydroxyl groups is 1. The van der Waals surface area contributed by atoms with Crippen LogP contribution in [0.2, 0.25) is 0 Å². The van der Waals surface area contributed by atoms with Crippen molar-refractivity contribution >= 4 is 0 Å². The van der Waals surface area contributed by atoms with Gasteiger partial charge in [-0.2, -0.15) is 0 Å². The first-order valence-corrected chi connectivity index (χ1v) is 6.03. The van der Waals surface area contributed by atoms with Crippen molar-refractivity contribution in [3.63, 3.8) is 0 Å². The summed E-state index contributed by atoms with van der Waals surface area (Å²) in [5, 5.41) is 10.2. The number of aliphatic hydroxyl groups excluding tert-OH is 1. The van der Waals surface area contributed by atoms with Gasteiger partial charge in [-0.1, -0.05) is 30.9 Å². The SMILES string of the molecule is COc1ccc(C)cc1C(O)CC1CCC1. The van der Waals surface area contributed by atoms with E-state index < -0.39 is 0 Å². The average Bonchev–Trinajstić information content (AvgIpc) is 2.23. The molecule has 0 aliphatic heterocycles. The molecule has 1 aromatic rings. The molecule has 1 N–H and O–H groups in total. The predicted molar refractivity (Wildman–Crippen MR) is 64.6 cm³/mol. The largest absolute Gasteiger partial charge is 0.496 e. The molecule has 0 spiro atoms. The molecule has 2 nitrogen and oxygen atoms in total. The molecule has 1 aliphatic carbocycles. The van der Waals surface area contributed by atoms with Gasteiger partial charge in [0.25, 0.3) is 0 Å². The Morgan fingerprint density at radius 3 is 2.75 bits per heavy atom. The highest BCUT2D eigenvalue weighted by atomic mass is 16.5. The summed E-state index contributed by atoms with van der Waals surface area (Å²) in [5.74, 6) is 1.51. The molecule has 2 heteroatoms. The number of hydrogen-bond donors (Lipinski definition) is 1. The smallest absolute Gasteiger partial charge is 0.124 e. The molecule has 0 heterocycles. The lowest BCUT2D eigenvalue weighted by atomic mass is 9.80. The fraction of sp³-hybridized carbons (Fsp3) is 0.571. The molecule has 0 bridgehead atoms. The van der Waals surface area contributed by atoms with Crippen LogP contribution in [0.3, 0.4) is 0 Å². The summed E-state index contributed by atoms with van der Waals surface area (Å²) in [4.78, 5) is 0. The summed E-state index contributed by atoms with van der Waals surface area (Å²) in [7, 11) is 1.66. The van der Waals surface area contributed by atoms with Gasteiger partial charge in [0.05, 0.1) is 13.2 Å². The molecule has 0 saturated heterocycles. The van der Waals surface area contributed by atoms with E-state index in [1.807, 2.05) is 25.1 Å². The van der Waals surface area contributed by atoms with E-state index in [9.17, 15) is 5.11 Å². The first-order chi connectivity index (χ1) is 7.70. The van der Waals surface area contributed by atoms with Gasteiger partial charge in [-0.05, 0) is 31.4 Å². The second-order valence-corrected chi connectivity index (χ2v) is 4.79. The van der Waals surface area contributed by atoms with Gasteiger partial charge in [0, 0.05) is 5.56 Å². The third-order valence-electron chi connectivity index (χ3n) is 3.53. The van der Waals surface area contributed by atoms with Crippen molar-refractivity contribution in [2.24, 2.45) is 5.92 Å². The predicted octanol–water partition coefficient (Wildman–Crippen LogP) is 3.23. The van der Waals surface area contributed by atoms with Gasteiger partial charge in [-0.15, -0.1) is 0 Å². The Labute approximate surface area is 97.3 Å². The Hall–Kier alpha value is -1.02. The van der Waals surface area contributed by atoms with Gasteiger partial charge >= 0.3 is 0 Å². The maximum absolute atomic E-state index is 10.2. The first-order valence-electron chi connectivity index (χ1n) is 6.03. The Kier molecular flexibility index (Phi) is 3.49. The van der Waals surface area contributed by atoms with Gasteiger partial charge in [-0.3, -0.25) is 0 Å². The van der Waals surface area contributed by atoms with E-state index in [4.69, 9.17) is 4.74 Å². The fourth-order valence-electron chi connectivity index (χ4n) is 2.29. The van der Waals surface area contributed by atoms with Crippen LogP contribution >= 0.6 is 0 Å². The molecule has 1 atom stereocenters. The Morgan fingerprint density at radius 2 is 2.19 bits per heavy atom. The first kappa shape index (κ1) is 11.5. The van der Waals surface area contributed by atoms with Crippen LogP contribution in [0.15, 0.2) is 18.2 Å². The Bertz CT molecular complexity index is 356. The van der Waals surface area contributed by atoms with Crippen molar-refractivity contribution in [3.8, 4) is 5.75 Å². The molecular weight excluding hydrogens is 200 g/mol. The lowest BCUT2D eigenvalue weighted by Crippen LogP contribution is -2.15. The Balaban J connectivity index is 2.13. The summed E-state index contributed by atoms with van der Waals surface area (Å²) >= 11 is 0. The molecule has 0 aromatic heterocycles. The second-order valence-electron chi connectivity index (χ2n) is 4.79. The van der Waals surface area contributed by atoms with Crippen molar-refractivity contribution in [1.29, 1.82) is 0 Å². The van der Waals surface area contributed by atoms with Crippen LogP contribution in [-0.4, -0.2) is 12.2 Å². The minimum absolute atomic E-state index is 0.375. The minimum Gasteiger partial charge on any atom is -0.496 e. The number of ether oxygens (including phenoxy) is 1. The fourth-order valence-corrected chi connectivity index (χ4v) is 2.29. The zero-order valence-corrected chi connectivity index (χ0v) is 10.1. The molecule has 1 saturated carbocycles. The highest BCUT2D eigenvalue weighted by Crippen LogP contribution is 2.37. The normalized spacial score (nSPS) is 17.9. The summed E-state index contributed by atoms with van der Waals surface area (Å²) in [6, 6.07) is 5.98. The summed E-state index contributed by atoms with van der Waals surface area (Å²) < 4.78 is 5.29. The second kappa shape index (κ2) is 4.88. The monoisotopic (exact) mass is 220 g/mol. The van der Waals surface area contributed by atoms with Crippen LogP contribution in [0.1, 0.15) is 42.9 Å². The molecule has 1 unspecified atom stereocenters. The molecule has 1 aromatic carbocycles. The third-order valence-corrected chi connectivity index (χ3v) is 3.53. The summed E-state index contributed by atoms with van der Waals surface area (Å²) in [6.07, 6.45) is 4.36. The average molecular weight is 220 g/mol. The molecule has 1 fully saturated rings. The van der Waals surface area contributed by atoms with Gasteiger partial charge in [-0.25, -0.2) is 0 Å². The van der Waals surface area contributed by atoms with Crippen molar-refractivity contribution in [2.75, 3.05) is 7.11 Å². The van der Waals surface area contributed by atoms with Gasteiger partial charge in [0.15, 0.2) is 0 Å². The van der Waals surface area contributed by atoms with Crippen LogP contribution in [0.4, 0.5) is 0 Å². The highest BCUT2D eigenvalue weighted by Gasteiger charge is 2.23. The van der Waals surface area contributed by atoms with Crippen LogP contribution in [0, 0.1) is 12.8 Å². The maximum atomic E-state index is 10.2. The van der Waals surface area contributed by atoms with Gasteiger partial charge in [0.2, 0.25) is 0 Å². The quantitative estimate of drug-likeness (QED) is 0.844. The van der Waals surface area contributed by atoms with Crippen LogP contribution in [0.25, 0.3) is 0 Å². The van der Waals surface area contributed by atoms with Crippen LogP contribution in [-0.2, 0) is 0 Å². The van der Waals surface area contributed by atoms with Crippen molar-refractivity contribution in [3.05, 3.63) is 29.3 Å². The number of hydrogen-bond acceptors (Lipinski definition) is 2. The van der Waals surface area contributed by atoms with Gasteiger partial charge in [0.1, 0.15) is 5.75 Å². The van der Waals surface area contributed by atoms with E-state index in [-0.39, 0.29) is 6.10 Å². The third kappa shape index (κ3) is 2.38. The number of benzene rings is 1. The molecule has 2 rings (SSSR count). The van der Waals surface area contributed by atoms with Gasteiger partial charge < -0.3 is 9.84 Å². The molecule has 1 aliphatic rings. The van der Waals surface area contributed by atoms with E-state index in [0.29, 0.717) is 5.92 Å². The molecule has 16 heavy (non-hydrogen) atoms. The molecular formula is C14H20O2. The number of methoxy groups -OCH3 is 1. The van der Waals surface area contributed by atoms with Crippen molar-refractivity contribution in [1.82, 2.24) is 0 Å². The number of rotatable bonds is 4. The zero-order chi connectivity index (χ0) is 11.5. The van der Waals surface area contributed by atoms with Crippen LogP contribution < -0.4 is 4.74 Å². The Morgan fingerprint density at radius 1 is 1.44 bits per heavy atom. The summed E-state index contributed by atoms with van der Waals surface area (Å²) in [6.45, 7) is 2.04. The van der Waals surface area contributed by atoms with E-state index >= 15 is 0 Å². The van der Waals surface area contributed by atoms with E-state index in [2.05, 4.69) is 0 Å². The standard InChI is InChI=1S/C14H20O2/c1-10-6-7-14(16-2)12(8-10)13(15)9-11-4-3-5-11/h6-8,11,13,15H,3-5,9H2,1-2H3. The molecule has 0 amide bonds. The minimum atomic E-state index is -0.375. The van der Waals surface area contributed by atoms with Crippen molar-refractivity contribution < 1.29 is 9.84 Å². The van der Waals surface area contributed by atoms with Crippen molar-refractivity contribution in [2.45, 2.75) is 38.7 Å². The number of aryl methyl sites for hydroxylation is 1. The lowest BCUT2D eigenvalue weighted by Gasteiger charge is -2.28. The topological polar surface area (TPSA) is 29.5 Å². The lowest BCUT2D eigenvalue weighted by molar-refractivity contribution is 0.116. The van der Waals surface area contributed by atoms with E-state index in [1.165, 1.54) is 24.8 Å². The van der Waals surface area contributed by atoms with E-state index in [0.717, 1.165) is 17.7 Å². The van der Waals surface area contributed by atoms with E-state index in [1.54, 1.807) is 7.11 Å². The zero-order valence-electron chi connectivity index (χ0n) is 10.1. The summed E-state index contributed by atoms with van der Waals surface area (Å²) in [5.41, 5.74) is 2.11.